The molecule has 0 unspecified atom stereocenters. The van der Waals surface area contributed by atoms with Crippen LogP contribution < -0.4 is 4.74 Å². The van der Waals surface area contributed by atoms with E-state index in [9.17, 15) is 0 Å². The maximum atomic E-state index is 5.97. The molecule has 136 valence electrons. The number of hydrogen-bond acceptors (Lipinski definition) is 5. The van der Waals surface area contributed by atoms with E-state index in [-0.39, 0.29) is 0 Å². The van der Waals surface area contributed by atoms with Crippen molar-refractivity contribution in [2.45, 2.75) is 25.9 Å². The van der Waals surface area contributed by atoms with Crippen LogP contribution >= 0.6 is 11.6 Å². The Morgan fingerprint density at radius 2 is 2.04 bits per heavy atom. The Hall–Kier alpha value is -2.22. The highest BCUT2D eigenvalue weighted by molar-refractivity contribution is 6.55. The van der Waals surface area contributed by atoms with E-state index in [1.54, 1.807) is 29.2 Å². The molecule has 0 aliphatic heterocycles. The standard InChI is InChI=1S/C18H21ClN4O2Si/c1-26(2)10-9-24-13-23-12-16(25-14-6-8-21-17(19)11-14)18(22-23)15-5-3-4-7-20-15/h3-8,11-12,26H,9-10,13H2,1-2H3. The first kappa shape index (κ1) is 18.6. The second kappa shape index (κ2) is 8.93. The number of hydrogen-bond donors (Lipinski definition) is 0. The average molecular weight is 389 g/mol. The van der Waals surface area contributed by atoms with Crippen molar-refractivity contribution in [2.24, 2.45) is 0 Å². The van der Waals surface area contributed by atoms with Gasteiger partial charge in [0.1, 0.15) is 17.6 Å². The second-order valence-corrected chi connectivity index (χ2v) is 9.98. The van der Waals surface area contributed by atoms with Crippen molar-refractivity contribution in [2.75, 3.05) is 6.61 Å². The molecule has 0 spiro atoms. The lowest BCUT2D eigenvalue weighted by Crippen LogP contribution is -2.08. The van der Waals surface area contributed by atoms with Gasteiger partial charge in [-0.1, -0.05) is 30.8 Å². The third-order valence-corrected chi connectivity index (χ3v) is 5.22. The van der Waals surface area contributed by atoms with Gasteiger partial charge in [-0.15, -0.1) is 0 Å². The van der Waals surface area contributed by atoms with E-state index in [1.165, 1.54) is 0 Å². The largest absolute Gasteiger partial charge is 0.453 e. The highest BCUT2D eigenvalue weighted by atomic mass is 35.5. The summed E-state index contributed by atoms with van der Waals surface area (Å²) in [7, 11) is -0.610. The van der Waals surface area contributed by atoms with Gasteiger partial charge in [0.25, 0.3) is 0 Å². The SMILES string of the molecule is C[SiH](C)CCOCn1cc(Oc2ccnc(Cl)c2)c(-c2ccccn2)n1. The Kier molecular flexibility index (Phi) is 6.38. The van der Waals surface area contributed by atoms with Gasteiger partial charge >= 0.3 is 0 Å². The molecule has 0 bridgehead atoms. The molecule has 0 saturated heterocycles. The van der Waals surface area contributed by atoms with Gasteiger partial charge in [0.2, 0.25) is 0 Å². The van der Waals surface area contributed by atoms with Crippen LogP contribution in [0.4, 0.5) is 0 Å². The molecule has 6 nitrogen and oxygen atoms in total. The van der Waals surface area contributed by atoms with Crippen molar-refractivity contribution in [1.82, 2.24) is 19.7 Å². The highest BCUT2D eigenvalue weighted by Crippen LogP contribution is 2.31. The van der Waals surface area contributed by atoms with Crippen LogP contribution in [0.25, 0.3) is 11.4 Å². The minimum Gasteiger partial charge on any atom is -0.453 e. The van der Waals surface area contributed by atoms with Crippen LogP contribution in [0.3, 0.4) is 0 Å². The molecule has 3 rings (SSSR count). The van der Waals surface area contributed by atoms with Crippen molar-refractivity contribution in [1.29, 1.82) is 0 Å². The zero-order valence-electron chi connectivity index (χ0n) is 14.8. The van der Waals surface area contributed by atoms with E-state index in [0.29, 0.717) is 29.1 Å². The lowest BCUT2D eigenvalue weighted by atomic mass is 10.2. The fraction of sp³-hybridized carbons (Fsp3) is 0.278. The van der Waals surface area contributed by atoms with Gasteiger partial charge in [0.15, 0.2) is 11.4 Å². The summed E-state index contributed by atoms with van der Waals surface area (Å²) in [5, 5.41) is 4.95. The zero-order chi connectivity index (χ0) is 18.4. The molecule has 0 aromatic carbocycles. The smallest absolute Gasteiger partial charge is 0.175 e. The number of halogens is 1. The Labute approximate surface area is 159 Å². The van der Waals surface area contributed by atoms with Crippen LogP contribution in [0.1, 0.15) is 0 Å². The van der Waals surface area contributed by atoms with Gasteiger partial charge in [-0.05, 0) is 24.2 Å². The summed E-state index contributed by atoms with van der Waals surface area (Å²) < 4.78 is 13.4. The van der Waals surface area contributed by atoms with E-state index in [2.05, 4.69) is 28.2 Å². The fourth-order valence-corrected chi connectivity index (χ4v) is 3.08. The lowest BCUT2D eigenvalue weighted by molar-refractivity contribution is 0.0789. The minimum atomic E-state index is -0.610. The van der Waals surface area contributed by atoms with Gasteiger partial charge in [0.05, 0.1) is 11.9 Å². The monoisotopic (exact) mass is 388 g/mol. The van der Waals surface area contributed by atoms with E-state index in [1.807, 2.05) is 24.4 Å². The number of rotatable bonds is 8. The maximum Gasteiger partial charge on any atom is 0.175 e. The van der Waals surface area contributed by atoms with Crippen molar-refractivity contribution in [3.63, 3.8) is 0 Å². The molecule has 0 atom stereocenters. The molecule has 0 aliphatic carbocycles. The topological polar surface area (TPSA) is 62.1 Å². The van der Waals surface area contributed by atoms with Gasteiger partial charge in [0, 0.05) is 33.9 Å². The first-order valence-corrected chi connectivity index (χ1v) is 12.0. The molecule has 3 aromatic heterocycles. The number of pyridine rings is 2. The Morgan fingerprint density at radius 1 is 1.15 bits per heavy atom. The van der Waals surface area contributed by atoms with Crippen LogP contribution in [0, 0.1) is 0 Å². The second-order valence-electron chi connectivity index (χ2n) is 6.23. The summed E-state index contributed by atoms with van der Waals surface area (Å²) in [5.74, 6) is 1.18. The van der Waals surface area contributed by atoms with Crippen LogP contribution in [-0.4, -0.2) is 35.2 Å². The molecular formula is C18H21ClN4O2Si. The molecule has 3 heterocycles. The zero-order valence-corrected chi connectivity index (χ0v) is 16.7. The normalized spacial score (nSPS) is 11.1. The lowest BCUT2D eigenvalue weighted by Gasteiger charge is -2.05. The summed E-state index contributed by atoms with van der Waals surface area (Å²) in [4.78, 5) is 8.34. The van der Waals surface area contributed by atoms with E-state index >= 15 is 0 Å². The molecule has 0 amide bonds. The summed E-state index contributed by atoms with van der Waals surface area (Å²) in [5.41, 5.74) is 1.39. The third kappa shape index (κ3) is 5.14. The molecule has 0 N–H and O–H groups in total. The Balaban J connectivity index is 1.81. The van der Waals surface area contributed by atoms with Crippen LogP contribution in [0.2, 0.25) is 24.3 Å². The van der Waals surface area contributed by atoms with Crippen LogP contribution in [0.5, 0.6) is 11.5 Å². The Bertz CT molecular complexity index is 842. The number of ether oxygens (including phenoxy) is 2. The highest BCUT2D eigenvalue weighted by Gasteiger charge is 2.15. The predicted molar refractivity (Wildman–Crippen MR) is 104 cm³/mol. The fourth-order valence-electron chi connectivity index (χ4n) is 2.28. The summed E-state index contributed by atoms with van der Waals surface area (Å²) in [6, 6.07) is 10.2. The molecular weight excluding hydrogens is 368 g/mol. The predicted octanol–water partition coefficient (Wildman–Crippen LogP) is 4.25. The van der Waals surface area contributed by atoms with Crippen molar-refractivity contribution in [3.05, 3.63) is 54.1 Å². The van der Waals surface area contributed by atoms with Gasteiger partial charge in [-0.25, -0.2) is 9.67 Å². The number of aromatic nitrogens is 4. The van der Waals surface area contributed by atoms with Crippen LogP contribution in [0.15, 0.2) is 48.9 Å². The van der Waals surface area contributed by atoms with E-state index in [4.69, 9.17) is 21.1 Å². The third-order valence-electron chi connectivity index (χ3n) is 3.62. The first-order valence-electron chi connectivity index (χ1n) is 8.48. The van der Waals surface area contributed by atoms with Gasteiger partial charge in [-0.2, -0.15) is 5.10 Å². The molecule has 0 radical (unpaired) electrons. The summed E-state index contributed by atoms with van der Waals surface area (Å²) in [6.45, 7) is 5.74. The van der Waals surface area contributed by atoms with Crippen molar-refractivity contribution in [3.8, 4) is 22.9 Å². The maximum absolute atomic E-state index is 5.97. The first-order chi connectivity index (χ1) is 12.6. The molecule has 0 fully saturated rings. The molecule has 3 aromatic rings. The van der Waals surface area contributed by atoms with Crippen molar-refractivity contribution >= 4 is 20.4 Å². The summed E-state index contributed by atoms with van der Waals surface area (Å²) >= 11 is 5.94. The van der Waals surface area contributed by atoms with E-state index in [0.717, 1.165) is 18.3 Å². The molecule has 0 saturated carbocycles. The minimum absolute atomic E-state index is 0.371. The molecule has 26 heavy (non-hydrogen) atoms. The number of nitrogens with zero attached hydrogens (tertiary/aromatic N) is 4. The summed E-state index contributed by atoms with van der Waals surface area (Å²) in [6.07, 6.45) is 5.14. The molecule has 0 aliphatic rings. The Morgan fingerprint density at radius 3 is 2.77 bits per heavy atom. The van der Waals surface area contributed by atoms with Gasteiger partial charge < -0.3 is 9.47 Å². The van der Waals surface area contributed by atoms with Gasteiger partial charge in [-0.3, -0.25) is 4.98 Å². The van der Waals surface area contributed by atoms with Crippen LogP contribution in [-0.2, 0) is 11.5 Å². The van der Waals surface area contributed by atoms with E-state index < -0.39 is 8.80 Å². The average Bonchev–Trinajstić information content (AvgIpc) is 3.02. The quantitative estimate of drug-likeness (QED) is 0.328. The molecule has 8 heteroatoms. The van der Waals surface area contributed by atoms with Crippen molar-refractivity contribution < 1.29 is 9.47 Å².